The molecule has 0 atom stereocenters. The summed E-state index contributed by atoms with van der Waals surface area (Å²) in [4.78, 5) is 15.4. The molecule has 4 nitrogen and oxygen atoms in total. The Balaban J connectivity index is 1.33. The van der Waals surface area contributed by atoms with Gasteiger partial charge in [0.25, 0.3) is 0 Å². The van der Waals surface area contributed by atoms with Gasteiger partial charge in [0, 0.05) is 27.3 Å². The normalized spacial score (nSPS) is 11.8. The maximum absolute atomic E-state index is 5.21. The van der Waals surface area contributed by atoms with E-state index in [2.05, 4.69) is 144 Å². The van der Waals surface area contributed by atoms with Crippen molar-refractivity contribution in [2.75, 3.05) is 0 Å². The Hall–Kier alpha value is -6.39. The van der Waals surface area contributed by atoms with Gasteiger partial charge in [-0.15, -0.1) is 0 Å². The summed E-state index contributed by atoms with van der Waals surface area (Å²) in [6.45, 7) is 0. The third-order valence-electron chi connectivity index (χ3n) is 9.39. The number of hydrogen-bond donors (Lipinski definition) is 0. The van der Waals surface area contributed by atoms with Crippen LogP contribution in [0.1, 0.15) is 0 Å². The molecular weight excluding hydrogens is 573 g/mol. The number of nitrogens with zero attached hydrogens (tertiary/aromatic N) is 4. The lowest BCUT2D eigenvalue weighted by Gasteiger charge is -2.12. The average Bonchev–Trinajstić information content (AvgIpc) is 3.49. The van der Waals surface area contributed by atoms with Gasteiger partial charge in [0.2, 0.25) is 5.95 Å². The molecule has 10 rings (SSSR count). The topological polar surface area (TPSA) is 43.6 Å². The van der Waals surface area contributed by atoms with Crippen LogP contribution in [0.25, 0.3) is 93.6 Å². The van der Waals surface area contributed by atoms with Gasteiger partial charge in [-0.1, -0.05) is 140 Å². The Morgan fingerprint density at radius 1 is 0.340 bits per heavy atom. The van der Waals surface area contributed by atoms with Gasteiger partial charge >= 0.3 is 0 Å². The molecule has 47 heavy (non-hydrogen) atoms. The first-order chi connectivity index (χ1) is 23.3. The highest BCUT2D eigenvalue weighted by atomic mass is 15.2. The molecule has 0 N–H and O–H groups in total. The minimum atomic E-state index is 0.595. The van der Waals surface area contributed by atoms with Crippen LogP contribution in [-0.4, -0.2) is 19.5 Å². The Morgan fingerprint density at radius 2 is 0.936 bits per heavy atom. The van der Waals surface area contributed by atoms with Gasteiger partial charge in [-0.3, -0.25) is 4.57 Å². The van der Waals surface area contributed by atoms with E-state index in [1.165, 1.54) is 48.5 Å². The maximum atomic E-state index is 5.21. The zero-order chi connectivity index (χ0) is 30.9. The highest BCUT2D eigenvalue weighted by Gasteiger charge is 2.20. The van der Waals surface area contributed by atoms with Crippen molar-refractivity contribution in [1.82, 2.24) is 19.5 Å². The molecule has 0 fully saturated rings. The van der Waals surface area contributed by atoms with Crippen LogP contribution < -0.4 is 0 Å². The SMILES string of the molecule is c1ccc(-c2nc(-c3ccc4ccccc4c3)nc(-n3c4ccccc4c4c5c(ccc6ccc7ccccc7c65)ccc43)n2)cc1. The summed E-state index contributed by atoms with van der Waals surface area (Å²) < 4.78 is 2.22. The zero-order valence-corrected chi connectivity index (χ0v) is 25.3. The van der Waals surface area contributed by atoms with Gasteiger partial charge in [0.1, 0.15) is 0 Å². The molecule has 0 spiro atoms. The Bertz CT molecular complexity index is 2850. The molecule has 10 aromatic rings. The molecule has 0 unspecified atom stereocenters. The van der Waals surface area contributed by atoms with Crippen LogP contribution >= 0.6 is 0 Å². The van der Waals surface area contributed by atoms with Gasteiger partial charge < -0.3 is 0 Å². The Kier molecular flexibility index (Phi) is 5.54. The number of fused-ring (bicyclic) bond motifs is 10. The van der Waals surface area contributed by atoms with E-state index in [0.717, 1.165) is 27.5 Å². The molecule has 2 heterocycles. The Labute approximate surface area is 270 Å². The quantitative estimate of drug-likeness (QED) is 0.190. The first-order valence-corrected chi connectivity index (χ1v) is 15.9. The van der Waals surface area contributed by atoms with Crippen molar-refractivity contribution in [2.24, 2.45) is 0 Å². The lowest BCUT2D eigenvalue weighted by Crippen LogP contribution is -2.06. The standard InChI is InChI=1S/C43H26N4/c1-2-12-31(13-3-1)41-44-42(33-23-18-27-10-4-5-14-32(27)26-33)46-43(45-41)47-36-17-9-8-16-35(36)40-37(47)25-24-30-22-21-29-20-19-28-11-6-7-15-34(28)38(29)39(30)40/h1-26H. The first kappa shape index (κ1) is 25.9. The van der Waals surface area contributed by atoms with Crippen LogP contribution in [-0.2, 0) is 0 Å². The van der Waals surface area contributed by atoms with Crippen molar-refractivity contribution in [2.45, 2.75) is 0 Å². The van der Waals surface area contributed by atoms with Gasteiger partial charge in [0.05, 0.1) is 11.0 Å². The highest BCUT2D eigenvalue weighted by molar-refractivity contribution is 6.32. The van der Waals surface area contributed by atoms with Gasteiger partial charge in [-0.2, -0.15) is 9.97 Å². The van der Waals surface area contributed by atoms with Crippen molar-refractivity contribution in [1.29, 1.82) is 0 Å². The summed E-state index contributed by atoms with van der Waals surface area (Å²) >= 11 is 0. The fraction of sp³-hybridized carbons (Fsp3) is 0. The molecule has 4 heteroatoms. The number of aromatic nitrogens is 4. The van der Waals surface area contributed by atoms with Crippen molar-refractivity contribution in [3.63, 3.8) is 0 Å². The summed E-state index contributed by atoms with van der Waals surface area (Å²) in [7, 11) is 0. The van der Waals surface area contributed by atoms with E-state index in [0.29, 0.717) is 17.6 Å². The second-order valence-electron chi connectivity index (χ2n) is 12.1. The van der Waals surface area contributed by atoms with E-state index >= 15 is 0 Å². The summed E-state index contributed by atoms with van der Waals surface area (Å²) in [6, 6.07) is 55.7. The number of benzene rings is 8. The molecule has 2 aromatic heterocycles. The van der Waals surface area contributed by atoms with Crippen LogP contribution in [0.4, 0.5) is 0 Å². The van der Waals surface area contributed by atoms with E-state index in [-0.39, 0.29) is 0 Å². The average molecular weight is 599 g/mol. The highest BCUT2D eigenvalue weighted by Crippen LogP contribution is 2.41. The number of para-hydroxylation sites is 1. The predicted octanol–water partition coefficient (Wildman–Crippen LogP) is 10.9. The van der Waals surface area contributed by atoms with Crippen molar-refractivity contribution >= 4 is 64.9 Å². The predicted molar refractivity (Wildman–Crippen MR) is 195 cm³/mol. The van der Waals surface area contributed by atoms with Crippen LogP contribution in [0.5, 0.6) is 0 Å². The van der Waals surface area contributed by atoms with Crippen LogP contribution in [0.2, 0.25) is 0 Å². The summed E-state index contributed by atoms with van der Waals surface area (Å²) in [5.74, 6) is 1.88. The third-order valence-corrected chi connectivity index (χ3v) is 9.39. The van der Waals surface area contributed by atoms with Crippen LogP contribution in [0, 0.1) is 0 Å². The molecule has 0 radical (unpaired) electrons. The van der Waals surface area contributed by atoms with Crippen molar-refractivity contribution in [3.8, 4) is 28.7 Å². The van der Waals surface area contributed by atoms with Gasteiger partial charge in [0.15, 0.2) is 11.6 Å². The fourth-order valence-corrected chi connectivity index (χ4v) is 7.22. The second kappa shape index (κ2) is 10.1. The first-order valence-electron chi connectivity index (χ1n) is 15.9. The van der Waals surface area contributed by atoms with Crippen LogP contribution in [0.15, 0.2) is 158 Å². The summed E-state index contributed by atoms with van der Waals surface area (Å²) in [5, 5.41) is 12.1. The largest absolute Gasteiger partial charge is 0.278 e. The smallest absolute Gasteiger partial charge is 0.238 e. The fourth-order valence-electron chi connectivity index (χ4n) is 7.22. The second-order valence-corrected chi connectivity index (χ2v) is 12.1. The van der Waals surface area contributed by atoms with Gasteiger partial charge in [-0.25, -0.2) is 4.98 Å². The Morgan fingerprint density at radius 3 is 1.77 bits per heavy atom. The molecule has 0 aliphatic rings. The molecule has 0 saturated carbocycles. The molecule has 218 valence electrons. The van der Waals surface area contributed by atoms with E-state index < -0.39 is 0 Å². The minimum Gasteiger partial charge on any atom is -0.278 e. The molecule has 8 aromatic carbocycles. The molecular formula is C43H26N4. The molecule has 0 bridgehead atoms. The van der Waals surface area contributed by atoms with Gasteiger partial charge in [-0.05, 0) is 55.9 Å². The van der Waals surface area contributed by atoms with Crippen molar-refractivity contribution in [3.05, 3.63) is 158 Å². The molecule has 0 amide bonds. The van der Waals surface area contributed by atoms with E-state index in [1.54, 1.807) is 0 Å². The van der Waals surface area contributed by atoms with E-state index in [4.69, 9.17) is 15.0 Å². The monoisotopic (exact) mass is 598 g/mol. The van der Waals surface area contributed by atoms with Crippen LogP contribution in [0.3, 0.4) is 0 Å². The third kappa shape index (κ3) is 3.98. The maximum Gasteiger partial charge on any atom is 0.238 e. The number of hydrogen-bond acceptors (Lipinski definition) is 3. The van der Waals surface area contributed by atoms with Crippen molar-refractivity contribution < 1.29 is 0 Å². The molecule has 0 aliphatic carbocycles. The molecule has 0 saturated heterocycles. The summed E-state index contributed by atoms with van der Waals surface area (Å²) in [6.07, 6.45) is 0. The summed E-state index contributed by atoms with van der Waals surface area (Å²) in [5.41, 5.74) is 4.02. The number of rotatable bonds is 3. The molecule has 0 aliphatic heterocycles. The van der Waals surface area contributed by atoms with E-state index in [1.807, 2.05) is 18.2 Å². The zero-order valence-electron chi connectivity index (χ0n) is 25.3. The lowest BCUT2D eigenvalue weighted by atomic mass is 9.94. The lowest BCUT2D eigenvalue weighted by molar-refractivity contribution is 0.954. The minimum absolute atomic E-state index is 0.595. The van der Waals surface area contributed by atoms with E-state index in [9.17, 15) is 0 Å².